The van der Waals surface area contributed by atoms with E-state index in [0.717, 1.165) is 5.92 Å². The summed E-state index contributed by atoms with van der Waals surface area (Å²) in [5, 5.41) is 3.80. The zero-order valence-corrected chi connectivity index (χ0v) is 12.3. The van der Waals surface area contributed by atoms with Crippen molar-refractivity contribution in [2.24, 2.45) is 5.92 Å². The molecular formula is C17H27N. The molecule has 1 fully saturated rings. The van der Waals surface area contributed by atoms with Crippen LogP contribution in [0, 0.1) is 19.8 Å². The fourth-order valence-corrected chi connectivity index (χ4v) is 2.59. The monoisotopic (exact) mass is 245 g/mol. The summed E-state index contributed by atoms with van der Waals surface area (Å²) in [7, 11) is 0. The molecule has 0 amide bonds. The van der Waals surface area contributed by atoms with E-state index in [4.69, 9.17) is 0 Å². The summed E-state index contributed by atoms with van der Waals surface area (Å²) >= 11 is 0. The van der Waals surface area contributed by atoms with E-state index < -0.39 is 0 Å². The highest BCUT2D eigenvalue weighted by Crippen LogP contribution is 2.34. The van der Waals surface area contributed by atoms with Gasteiger partial charge in [0, 0.05) is 12.1 Å². The van der Waals surface area contributed by atoms with Gasteiger partial charge in [0.15, 0.2) is 0 Å². The predicted octanol–water partition coefficient (Wildman–Crippen LogP) is 4.53. The Balaban J connectivity index is 1.96. The van der Waals surface area contributed by atoms with E-state index in [9.17, 15) is 0 Å². The van der Waals surface area contributed by atoms with Gasteiger partial charge in [-0.25, -0.2) is 0 Å². The largest absolute Gasteiger partial charge is 0.307 e. The second-order valence-corrected chi connectivity index (χ2v) is 6.02. The minimum atomic E-state index is 0.466. The normalized spacial score (nSPS) is 18.7. The zero-order chi connectivity index (χ0) is 13.1. The molecule has 1 aromatic rings. The van der Waals surface area contributed by atoms with E-state index in [0.29, 0.717) is 12.1 Å². The van der Waals surface area contributed by atoms with Gasteiger partial charge in [-0.2, -0.15) is 0 Å². The molecule has 100 valence electrons. The topological polar surface area (TPSA) is 12.0 Å². The molecule has 1 heteroatoms. The van der Waals surface area contributed by atoms with Crippen molar-refractivity contribution < 1.29 is 0 Å². The summed E-state index contributed by atoms with van der Waals surface area (Å²) in [5.74, 6) is 1.01. The lowest BCUT2D eigenvalue weighted by Gasteiger charge is -2.23. The average molecular weight is 245 g/mol. The lowest BCUT2D eigenvalue weighted by Crippen LogP contribution is -2.31. The Labute approximate surface area is 112 Å². The molecular weight excluding hydrogens is 218 g/mol. The van der Waals surface area contributed by atoms with E-state index in [2.05, 4.69) is 51.2 Å². The predicted molar refractivity (Wildman–Crippen MR) is 78.9 cm³/mol. The number of benzene rings is 1. The van der Waals surface area contributed by atoms with Crippen LogP contribution in [-0.4, -0.2) is 6.04 Å². The molecule has 0 radical (unpaired) electrons. The van der Waals surface area contributed by atoms with Gasteiger partial charge >= 0.3 is 0 Å². The SMILES string of the molecule is CCC(CC1CC1)NC(C)c1ccc(C)c(C)c1. The Morgan fingerprint density at radius 1 is 1.22 bits per heavy atom. The molecule has 1 nitrogen and oxygen atoms in total. The van der Waals surface area contributed by atoms with E-state index in [1.165, 1.54) is 42.4 Å². The first-order valence-electron chi connectivity index (χ1n) is 7.43. The van der Waals surface area contributed by atoms with Crippen molar-refractivity contribution in [2.45, 2.75) is 65.5 Å². The number of aryl methyl sites for hydroxylation is 2. The standard InChI is InChI=1S/C17H27N/c1-5-17(11-15-7-8-15)18-14(4)16-9-6-12(2)13(3)10-16/h6,9-10,14-15,17-18H,5,7-8,11H2,1-4H3. The van der Waals surface area contributed by atoms with Crippen molar-refractivity contribution in [1.29, 1.82) is 0 Å². The maximum atomic E-state index is 3.80. The van der Waals surface area contributed by atoms with Crippen LogP contribution in [0.5, 0.6) is 0 Å². The molecule has 2 atom stereocenters. The quantitative estimate of drug-likeness (QED) is 0.776. The van der Waals surface area contributed by atoms with Gasteiger partial charge in [-0.15, -0.1) is 0 Å². The van der Waals surface area contributed by atoms with Gasteiger partial charge in [-0.05, 0) is 56.2 Å². The van der Waals surface area contributed by atoms with E-state index in [1.54, 1.807) is 0 Å². The van der Waals surface area contributed by atoms with Crippen LogP contribution in [-0.2, 0) is 0 Å². The lowest BCUT2D eigenvalue weighted by molar-refractivity contribution is 0.404. The Hall–Kier alpha value is -0.820. The molecule has 0 aliphatic heterocycles. The van der Waals surface area contributed by atoms with Gasteiger partial charge in [-0.1, -0.05) is 38.0 Å². The Bertz CT molecular complexity index is 393. The summed E-state index contributed by atoms with van der Waals surface area (Å²) in [6, 6.07) is 7.99. The van der Waals surface area contributed by atoms with Crippen LogP contribution in [0.3, 0.4) is 0 Å². The molecule has 2 rings (SSSR count). The molecule has 1 aromatic carbocycles. The van der Waals surface area contributed by atoms with Crippen LogP contribution in [0.25, 0.3) is 0 Å². The van der Waals surface area contributed by atoms with Crippen LogP contribution in [0.15, 0.2) is 18.2 Å². The van der Waals surface area contributed by atoms with Crippen LogP contribution in [0.4, 0.5) is 0 Å². The second-order valence-electron chi connectivity index (χ2n) is 6.02. The highest BCUT2D eigenvalue weighted by Gasteiger charge is 2.25. The van der Waals surface area contributed by atoms with Gasteiger partial charge < -0.3 is 5.32 Å². The number of hydrogen-bond acceptors (Lipinski definition) is 1. The molecule has 0 saturated heterocycles. The van der Waals surface area contributed by atoms with Crippen LogP contribution < -0.4 is 5.32 Å². The summed E-state index contributed by atoms with van der Waals surface area (Å²) in [5.41, 5.74) is 4.21. The Morgan fingerprint density at radius 3 is 2.50 bits per heavy atom. The van der Waals surface area contributed by atoms with Gasteiger partial charge in [-0.3, -0.25) is 0 Å². The van der Waals surface area contributed by atoms with E-state index in [-0.39, 0.29) is 0 Å². The van der Waals surface area contributed by atoms with Gasteiger partial charge in [0.2, 0.25) is 0 Å². The summed E-state index contributed by atoms with van der Waals surface area (Å²) in [6.45, 7) is 8.97. The fourth-order valence-electron chi connectivity index (χ4n) is 2.59. The zero-order valence-electron chi connectivity index (χ0n) is 12.3. The number of nitrogens with one attached hydrogen (secondary N) is 1. The van der Waals surface area contributed by atoms with Crippen molar-refractivity contribution in [3.05, 3.63) is 34.9 Å². The highest BCUT2D eigenvalue weighted by molar-refractivity contribution is 5.31. The minimum Gasteiger partial charge on any atom is -0.307 e. The smallest absolute Gasteiger partial charge is 0.0294 e. The maximum Gasteiger partial charge on any atom is 0.0294 e. The van der Waals surface area contributed by atoms with Crippen molar-refractivity contribution in [3.8, 4) is 0 Å². The number of hydrogen-bond donors (Lipinski definition) is 1. The third kappa shape index (κ3) is 3.58. The molecule has 18 heavy (non-hydrogen) atoms. The summed E-state index contributed by atoms with van der Waals surface area (Å²) < 4.78 is 0. The van der Waals surface area contributed by atoms with Crippen molar-refractivity contribution in [1.82, 2.24) is 5.32 Å². The average Bonchev–Trinajstić information content (AvgIpc) is 3.15. The van der Waals surface area contributed by atoms with Crippen molar-refractivity contribution in [2.75, 3.05) is 0 Å². The molecule has 0 aromatic heterocycles. The van der Waals surface area contributed by atoms with Gasteiger partial charge in [0.1, 0.15) is 0 Å². The van der Waals surface area contributed by atoms with E-state index >= 15 is 0 Å². The molecule has 1 N–H and O–H groups in total. The molecule has 0 heterocycles. The summed E-state index contributed by atoms with van der Waals surface area (Å²) in [6.07, 6.45) is 5.52. The van der Waals surface area contributed by atoms with Gasteiger partial charge in [0.25, 0.3) is 0 Å². The Morgan fingerprint density at radius 2 is 1.94 bits per heavy atom. The third-order valence-corrected chi connectivity index (χ3v) is 4.32. The van der Waals surface area contributed by atoms with Crippen molar-refractivity contribution >= 4 is 0 Å². The first-order chi connectivity index (χ1) is 8.60. The molecule has 1 aliphatic carbocycles. The molecule has 1 saturated carbocycles. The van der Waals surface area contributed by atoms with E-state index in [1.807, 2.05) is 0 Å². The van der Waals surface area contributed by atoms with Crippen LogP contribution >= 0.6 is 0 Å². The first kappa shape index (κ1) is 13.6. The molecule has 1 aliphatic rings. The van der Waals surface area contributed by atoms with Gasteiger partial charge in [0.05, 0.1) is 0 Å². The molecule has 0 bridgehead atoms. The fraction of sp³-hybridized carbons (Fsp3) is 0.647. The molecule has 0 spiro atoms. The lowest BCUT2D eigenvalue weighted by atomic mass is 10.00. The second kappa shape index (κ2) is 5.88. The minimum absolute atomic E-state index is 0.466. The molecule has 2 unspecified atom stereocenters. The highest BCUT2D eigenvalue weighted by atomic mass is 14.9. The Kier molecular flexibility index (Phi) is 4.45. The van der Waals surface area contributed by atoms with Crippen molar-refractivity contribution in [3.63, 3.8) is 0 Å². The maximum absolute atomic E-state index is 3.80. The summed E-state index contributed by atoms with van der Waals surface area (Å²) in [4.78, 5) is 0. The first-order valence-corrected chi connectivity index (χ1v) is 7.43. The van der Waals surface area contributed by atoms with Crippen LogP contribution in [0.2, 0.25) is 0 Å². The third-order valence-electron chi connectivity index (χ3n) is 4.32. The number of rotatable bonds is 6. The van der Waals surface area contributed by atoms with Crippen LogP contribution in [0.1, 0.15) is 62.3 Å².